The van der Waals surface area contributed by atoms with Crippen molar-refractivity contribution in [2.45, 2.75) is 13.0 Å². The molecule has 0 heterocycles. The van der Waals surface area contributed by atoms with Crippen molar-refractivity contribution >= 4 is 21.7 Å². The fourth-order valence-corrected chi connectivity index (χ4v) is 2.16. The molecule has 0 N–H and O–H groups in total. The lowest BCUT2D eigenvalue weighted by atomic mass is 10.0. The van der Waals surface area contributed by atoms with Gasteiger partial charge in [-0.2, -0.15) is 8.78 Å². The molecule has 0 spiro atoms. The molecule has 0 aliphatic carbocycles. The molecule has 0 saturated heterocycles. The molecule has 0 bridgehead atoms. The number of Topliss-reactive ketones (excluding diaryl/α,β-unsaturated/α-hetero) is 1. The highest BCUT2D eigenvalue weighted by Crippen LogP contribution is 2.20. The maximum Gasteiger partial charge on any atom is 0.387 e. The van der Waals surface area contributed by atoms with Crippen LogP contribution in [-0.2, 0) is 6.42 Å². The predicted molar refractivity (Wildman–Crippen MR) is 75.3 cm³/mol. The topological polar surface area (TPSA) is 26.3 Å². The molecule has 2 aromatic rings. The molecule has 0 fully saturated rings. The summed E-state index contributed by atoms with van der Waals surface area (Å²) in [5, 5.41) is 0. The lowest BCUT2D eigenvalue weighted by Gasteiger charge is -2.06. The molecule has 0 aliphatic heterocycles. The number of alkyl halides is 2. The van der Waals surface area contributed by atoms with Crippen LogP contribution in [0.3, 0.4) is 0 Å². The van der Waals surface area contributed by atoms with E-state index in [4.69, 9.17) is 0 Å². The van der Waals surface area contributed by atoms with Gasteiger partial charge in [-0.25, -0.2) is 0 Å². The third-order valence-electron chi connectivity index (χ3n) is 2.71. The quantitative estimate of drug-likeness (QED) is 0.750. The van der Waals surface area contributed by atoms with E-state index in [9.17, 15) is 13.6 Å². The minimum absolute atomic E-state index is 0.0393. The number of hydrogen-bond acceptors (Lipinski definition) is 2. The SMILES string of the molecule is O=C(Cc1ccccc1Br)c1ccc(OC(F)F)cc1. The van der Waals surface area contributed by atoms with Crippen molar-refractivity contribution in [2.24, 2.45) is 0 Å². The van der Waals surface area contributed by atoms with Gasteiger partial charge in [0.15, 0.2) is 5.78 Å². The van der Waals surface area contributed by atoms with Crippen molar-refractivity contribution in [1.82, 2.24) is 0 Å². The van der Waals surface area contributed by atoms with Gasteiger partial charge in [0.2, 0.25) is 0 Å². The normalized spacial score (nSPS) is 10.6. The van der Waals surface area contributed by atoms with Gasteiger partial charge in [0.25, 0.3) is 0 Å². The lowest BCUT2D eigenvalue weighted by molar-refractivity contribution is -0.0498. The van der Waals surface area contributed by atoms with Crippen LogP contribution in [0.15, 0.2) is 53.0 Å². The maximum atomic E-state index is 12.1. The highest BCUT2D eigenvalue weighted by molar-refractivity contribution is 9.10. The Kier molecular flexibility index (Phi) is 4.84. The van der Waals surface area contributed by atoms with Crippen LogP contribution in [0.2, 0.25) is 0 Å². The van der Waals surface area contributed by atoms with Crippen LogP contribution in [-0.4, -0.2) is 12.4 Å². The van der Waals surface area contributed by atoms with Gasteiger partial charge in [-0.1, -0.05) is 34.1 Å². The van der Waals surface area contributed by atoms with E-state index in [1.807, 2.05) is 24.3 Å². The second kappa shape index (κ2) is 6.61. The van der Waals surface area contributed by atoms with Gasteiger partial charge in [-0.05, 0) is 35.9 Å². The third kappa shape index (κ3) is 3.87. The highest BCUT2D eigenvalue weighted by Gasteiger charge is 2.10. The Labute approximate surface area is 123 Å². The van der Waals surface area contributed by atoms with Gasteiger partial charge >= 0.3 is 6.61 Å². The molecule has 2 aromatic carbocycles. The summed E-state index contributed by atoms with van der Waals surface area (Å²) in [7, 11) is 0. The number of hydrogen-bond donors (Lipinski definition) is 0. The molecule has 0 unspecified atom stereocenters. The molecule has 20 heavy (non-hydrogen) atoms. The van der Waals surface area contributed by atoms with Gasteiger partial charge in [-0.3, -0.25) is 4.79 Å². The fraction of sp³-hybridized carbons (Fsp3) is 0.133. The van der Waals surface area contributed by atoms with Crippen molar-refractivity contribution in [3.8, 4) is 5.75 Å². The molecule has 104 valence electrons. The number of ether oxygens (including phenoxy) is 1. The smallest absolute Gasteiger partial charge is 0.387 e. The largest absolute Gasteiger partial charge is 0.435 e. The molecule has 5 heteroatoms. The van der Waals surface area contributed by atoms with E-state index >= 15 is 0 Å². The van der Waals surface area contributed by atoms with Crippen molar-refractivity contribution in [3.05, 3.63) is 64.1 Å². The van der Waals surface area contributed by atoms with Crippen LogP contribution >= 0.6 is 15.9 Å². The van der Waals surface area contributed by atoms with Gasteiger partial charge in [0, 0.05) is 16.5 Å². The molecule has 2 nitrogen and oxygen atoms in total. The van der Waals surface area contributed by atoms with E-state index in [-0.39, 0.29) is 18.0 Å². The molecule has 0 amide bonds. The summed E-state index contributed by atoms with van der Waals surface area (Å²) in [6.45, 7) is -2.86. The van der Waals surface area contributed by atoms with E-state index in [1.54, 1.807) is 0 Å². The van der Waals surface area contributed by atoms with Gasteiger partial charge in [0.05, 0.1) is 0 Å². The van der Waals surface area contributed by atoms with Crippen molar-refractivity contribution in [3.63, 3.8) is 0 Å². The average Bonchev–Trinajstić information content (AvgIpc) is 2.41. The minimum Gasteiger partial charge on any atom is -0.435 e. The first-order valence-corrected chi connectivity index (χ1v) is 6.67. The van der Waals surface area contributed by atoms with Gasteiger partial charge in [-0.15, -0.1) is 0 Å². The number of rotatable bonds is 5. The standard InChI is InChI=1S/C15H11BrF2O2/c16-13-4-2-1-3-11(13)9-14(19)10-5-7-12(8-6-10)20-15(17)18/h1-8,15H,9H2. The number of ketones is 1. The number of halogens is 3. The zero-order valence-electron chi connectivity index (χ0n) is 10.4. The molecule has 0 radical (unpaired) electrons. The van der Waals surface area contributed by atoms with Crippen LogP contribution in [0.25, 0.3) is 0 Å². The molecule has 0 aliphatic rings. The Morgan fingerprint density at radius 1 is 1.10 bits per heavy atom. The number of carbonyl (C=O) groups is 1. The number of benzene rings is 2. The lowest BCUT2D eigenvalue weighted by Crippen LogP contribution is -2.05. The van der Waals surface area contributed by atoms with E-state index in [0.29, 0.717) is 5.56 Å². The van der Waals surface area contributed by atoms with E-state index in [0.717, 1.165) is 10.0 Å². The summed E-state index contributed by atoms with van der Waals surface area (Å²) in [5.74, 6) is -0.0436. The van der Waals surface area contributed by atoms with Crippen molar-refractivity contribution in [2.75, 3.05) is 0 Å². The van der Waals surface area contributed by atoms with Crippen LogP contribution < -0.4 is 4.74 Å². The Balaban J connectivity index is 2.08. The summed E-state index contributed by atoms with van der Waals surface area (Å²) in [5.41, 5.74) is 1.34. The van der Waals surface area contributed by atoms with E-state index in [2.05, 4.69) is 20.7 Å². The Hall–Kier alpha value is -1.75. The second-order valence-electron chi connectivity index (χ2n) is 4.09. The van der Waals surface area contributed by atoms with Crippen molar-refractivity contribution in [1.29, 1.82) is 0 Å². The predicted octanol–water partition coefficient (Wildman–Crippen LogP) is 4.48. The second-order valence-corrected chi connectivity index (χ2v) is 4.95. The average molecular weight is 341 g/mol. The Morgan fingerprint density at radius 2 is 1.75 bits per heavy atom. The first-order chi connectivity index (χ1) is 9.56. The Morgan fingerprint density at radius 3 is 2.35 bits per heavy atom. The van der Waals surface area contributed by atoms with Crippen LogP contribution in [0, 0.1) is 0 Å². The minimum atomic E-state index is -2.86. The van der Waals surface area contributed by atoms with E-state index < -0.39 is 6.61 Å². The summed E-state index contributed by atoms with van der Waals surface area (Å²) in [6.07, 6.45) is 0.247. The molecule has 2 rings (SSSR count). The van der Waals surface area contributed by atoms with Crippen LogP contribution in [0.5, 0.6) is 5.75 Å². The first-order valence-electron chi connectivity index (χ1n) is 5.88. The summed E-state index contributed by atoms with van der Waals surface area (Å²) in [4.78, 5) is 12.1. The van der Waals surface area contributed by atoms with Crippen molar-refractivity contribution < 1.29 is 18.3 Å². The molecular formula is C15H11BrF2O2. The summed E-state index contributed by atoms with van der Waals surface area (Å²) >= 11 is 3.38. The van der Waals surface area contributed by atoms with E-state index in [1.165, 1.54) is 24.3 Å². The molecular weight excluding hydrogens is 330 g/mol. The summed E-state index contributed by atoms with van der Waals surface area (Å²) in [6, 6.07) is 13.1. The maximum absolute atomic E-state index is 12.1. The Bertz CT molecular complexity index is 597. The zero-order valence-corrected chi connectivity index (χ0v) is 11.9. The molecule has 0 saturated carbocycles. The first kappa shape index (κ1) is 14.7. The highest BCUT2D eigenvalue weighted by atomic mass is 79.9. The van der Waals surface area contributed by atoms with Crippen LogP contribution in [0.1, 0.15) is 15.9 Å². The fourth-order valence-electron chi connectivity index (χ4n) is 1.74. The summed E-state index contributed by atoms with van der Waals surface area (Å²) < 4.78 is 29.1. The monoisotopic (exact) mass is 340 g/mol. The number of carbonyl (C=O) groups excluding carboxylic acids is 1. The van der Waals surface area contributed by atoms with Crippen LogP contribution in [0.4, 0.5) is 8.78 Å². The molecule has 0 aromatic heterocycles. The third-order valence-corrected chi connectivity index (χ3v) is 3.48. The van der Waals surface area contributed by atoms with Gasteiger partial charge in [0.1, 0.15) is 5.75 Å². The molecule has 0 atom stereocenters. The zero-order chi connectivity index (χ0) is 14.5. The van der Waals surface area contributed by atoms with Gasteiger partial charge < -0.3 is 4.74 Å².